The molecule has 0 amide bonds. The monoisotopic (exact) mass is 877 g/mol. The van der Waals surface area contributed by atoms with Gasteiger partial charge in [-0.2, -0.15) is 0 Å². The molecule has 6 aromatic rings. The van der Waals surface area contributed by atoms with E-state index < -0.39 is 0 Å². The number of aromatic nitrogens is 2. The van der Waals surface area contributed by atoms with Gasteiger partial charge in [0.05, 0.1) is 0 Å². The van der Waals surface area contributed by atoms with Gasteiger partial charge in [0.2, 0.25) is 12.6 Å². The predicted molar refractivity (Wildman–Crippen MR) is 211 cm³/mol. The van der Waals surface area contributed by atoms with Gasteiger partial charge in [-0.25, -0.2) is 4.98 Å². The molecule has 4 heterocycles. The first-order valence-electron chi connectivity index (χ1n) is 18.0. The molecule has 7 heteroatoms. The maximum absolute atomic E-state index is 6.68. The Morgan fingerprint density at radius 2 is 1.15 bits per heavy atom. The molecule has 2 aliphatic rings. The van der Waals surface area contributed by atoms with Crippen molar-refractivity contribution < 1.29 is 35.3 Å². The fraction of sp³-hybridized carbons (Fsp3) is 0.261. The molecule has 53 heavy (non-hydrogen) atoms. The number of nitrogens with zero attached hydrogens (tertiary/aromatic N) is 2. The van der Waals surface area contributed by atoms with E-state index in [4.69, 9.17) is 19.2 Å². The minimum absolute atomic E-state index is 0. The Labute approximate surface area is 328 Å². The minimum atomic E-state index is -0.253. The number of hydrogen-bond acceptors (Lipinski definition) is 5. The van der Waals surface area contributed by atoms with E-state index in [1.54, 1.807) is 6.20 Å². The molecule has 8 rings (SSSR count). The maximum Gasteiger partial charge on any atom is 2.00 e. The number of rotatable bonds is 4. The van der Waals surface area contributed by atoms with Crippen molar-refractivity contribution in [1.29, 1.82) is 0 Å². The van der Waals surface area contributed by atoms with E-state index in [0.29, 0.717) is 11.6 Å². The Kier molecular flexibility index (Phi) is 9.22. The minimum Gasteiger partial charge on any atom is -0.518 e. The van der Waals surface area contributed by atoms with Crippen LogP contribution in [0.1, 0.15) is 79.0 Å². The molecule has 268 valence electrons. The van der Waals surface area contributed by atoms with E-state index in [1.165, 1.54) is 5.56 Å². The van der Waals surface area contributed by atoms with Crippen LogP contribution in [0.2, 0.25) is 0 Å². The first kappa shape index (κ1) is 36.7. The Hall–Kier alpha value is -4.67. The summed E-state index contributed by atoms with van der Waals surface area (Å²) in [5.74, 6) is 4.13. The summed E-state index contributed by atoms with van der Waals surface area (Å²) in [6, 6.07) is 36.6. The Morgan fingerprint density at radius 3 is 1.79 bits per heavy atom. The van der Waals surface area contributed by atoms with Gasteiger partial charge in [-0.3, -0.25) is 0 Å². The number of pyridine rings is 2. The molecule has 0 fully saturated rings. The van der Waals surface area contributed by atoms with Crippen LogP contribution in [-0.4, -0.2) is 16.7 Å². The molecule has 0 spiro atoms. The molecule has 0 unspecified atom stereocenters. The third kappa shape index (κ3) is 7.07. The molecule has 0 saturated carbocycles. The van der Waals surface area contributed by atoms with Gasteiger partial charge in [0.15, 0.2) is 0 Å². The summed E-state index contributed by atoms with van der Waals surface area (Å²) >= 11 is 0. The molecule has 0 radical (unpaired) electrons. The fourth-order valence-corrected chi connectivity index (χ4v) is 6.91. The standard InChI is InChI=1S/C46H43BN2O3.Pt/c1-44(2,3)31-13-10-28(11-14-31)29-18-20-48-37(23-29)30-12-16-38-35(22-30)47-36-27-34(50-42-26-32(19-21-49-42)45(4,5)6)15-17-39(36)52-41-25-33(46(7,8)9)24-40(51-38)43(41)47;/h10-21,23-26H,1-9H3;/q-2;+2. The largest absolute Gasteiger partial charge is 2.00 e. The number of fused-ring (bicyclic) bond motifs is 4. The molecule has 0 atom stereocenters. The van der Waals surface area contributed by atoms with Crippen LogP contribution in [0, 0.1) is 12.1 Å². The average molecular weight is 878 g/mol. The zero-order valence-electron chi connectivity index (χ0n) is 31.8. The van der Waals surface area contributed by atoms with Crippen LogP contribution in [0.15, 0.2) is 97.3 Å². The molecule has 0 saturated heterocycles. The van der Waals surface area contributed by atoms with Gasteiger partial charge in [0.1, 0.15) is 11.5 Å². The molecule has 0 bridgehead atoms. The van der Waals surface area contributed by atoms with E-state index in [1.807, 2.05) is 42.6 Å². The average Bonchev–Trinajstić information content (AvgIpc) is 3.10. The van der Waals surface area contributed by atoms with Crippen LogP contribution in [0.3, 0.4) is 0 Å². The molecular formula is C46H43BN2O3Pt. The summed E-state index contributed by atoms with van der Waals surface area (Å²) in [6.07, 6.45) is 3.67. The van der Waals surface area contributed by atoms with Gasteiger partial charge < -0.3 is 19.2 Å². The van der Waals surface area contributed by atoms with E-state index in [2.05, 4.69) is 128 Å². The van der Waals surface area contributed by atoms with Crippen molar-refractivity contribution in [3.63, 3.8) is 0 Å². The molecule has 2 aliphatic heterocycles. The van der Waals surface area contributed by atoms with E-state index >= 15 is 0 Å². The second-order valence-electron chi connectivity index (χ2n) is 17.0. The van der Waals surface area contributed by atoms with Gasteiger partial charge in [-0.15, -0.1) is 52.9 Å². The van der Waals surface area contributed by atoms with Crippen molar-refractivity contribution in [3.8, 4) is 57.0 Å². The van der Waals surface area contributed by atoms with Gasteiger partial charge >= 0.3 is 21.1 Å². The Balaban J connectivity index is 0.00000435. The molecule has 5 nitrogen and oxygen atoms in total. The summed E-state index contributed by atoms with van der Waals surface area (Å²) in [7, 11) is 0. The van der Waals surface area contributed by atoms with Crippen molar-refractivity contribution in [2.45, 2.75) is 78.6 Å². The van der Waals surface area contributed by atoms with Crippen LogP contribution in [0.4, 0.5) is 0 Å². The Morgan fingerprint density at radius 1 is 0.547 bits per heavy atom. The van der Waals surface area contributed by atoms with Gasteiger partial charge in [0, 0.05) is 41.2 Å². The van der Waals surface area contributed by atoms with Crippen LogP contribution in [0.5, 0.6) is 34.6 Å². The summed E-state index contributed by atoms with van der Waals surface area (Å²) in [5, 5.41) is 0. The predicted octanol–water partition coefficient (Wildman–Crippen LogP) is 9.82. The number of hydrogen-bond donors (Lipinski definition) is 0. The summed E-state index contributed by atoms with van der Waals surface area (Å²) in [5.41, 5.74) is 10.2. The smallest absolute Gasteiger partial charge is 0.518 e. The van der Waals surface area contributed by atoms with Crippen molar-refractivity contribution in [1.82, 2.24) is 9.97 Å². The van der Waals surface area contributed by atoms with E-state index in [-0.39, 0.29) is 44.0 Å². The van der Waals surface area contributed by atoms with Crippen LogP contribution in [-0.2, 0) is 37.3 Å². The first-order chi connectivity index (χ1) is 24.6. The van der Waals surface area contributed by atoms with Crippen LogP contribution < -0.4 is 30.6 Å². The third-order valence-corrected chi connectivity index (χ3v) is 10.1. The van der Waals surface area contributed by atoms with Gasteiger partial charge in [-0.05, 0) is 74.0 Å². The Bertz CT molecular complexity index is 2330. The van der Waals surface area contributed by atoms with Crippen molar-refractivity contribution in [2.24, 2.45) is 0 Å². The second kappa shape index (κ2) is 13.3. The fourth-order valence-electron chi connectivity index (χ4n) is 6.91. The number of ether oxygens (including phenoxy) is 3. The van der Waals surface area contributed by atoms with Crippen molar-refractivity contribution in [3.05, 3.63) is 126 Å². The normalized spacial score (nSPS) is 13.1. The van der Waals surface area contributed by atoms with Crippen LogP contribution in [0.25, 0.3) is 22.4 Å². The second-order valence-corrected chi connectivity index (χ2v) is 17.0. The summed E-state index contributed by atoms with van der Waals surface area (Å²) in [4.78, 5) is 9.32. The third-order valence-electron chi connectivity index (χ3n) is 10.1. The topological polar surface area (TPSA) is 53.5 Å². The molecule has 4 aromatic carbocycles. The molecular weight excluding hydrogens is 834 g/mol. The van der Waals surface area contributed by atoms with Gasteiger partial charge in [-0.1, -0.05) is 92.6 Å². The van der Waals surface area contributed by atoms with Crippen molar-refractivity contribution in [2.75, 3.05) is 0 Å². The SMILES string of the molecule is CC(C)(C)c1ccc(-c2ccnc(-c3[c-]c4c(cc3)Oc3cc(C(C)(C)C)cc5c3B4c3[c-]c(Oc4cc(C(C)(C)C)ccn4)ccc3O5)c2)cc1.[Pt+2]. The molecule has 0 aliphatic carbocycles. The zero-order chi connectivity index (χ0) is 36.6. The number of benzene rings is 4. The maximum atomic E-state index is 6.68. The zero-order valence-corrected chi connectivity index (χ0v) is 34.0. The van der Waals surface area contributed by atoms with Gasteiger partial charge in [0.25, 0.3) is 0 Å². The first-order valence-corrected chi connectivity index (χ1v) is 18.0. The van der Waals surface area contributed by atoms with E-state index in [9.17, 15) is 0 Å². The summed E-state index contributed by atoms with van der Waals surface area (Å²) < 4.78 is 19.7. The van der Waals surface area contributed by atoms with Crippen molar-refractivity contribution >= 4 is 23.1 Å². The molecule has 2 aromatic heterocycles. The molecule has 0 N–H and O–H groups in total. The summed E-state index contributed by atoms with van der Waals surface area (Å²) in [6.45, 7) is 19.6. The quantitative estimate of drug-likeness (QED) is 0.130. The van der Waals surface area contributed by atoms with E-state index in [0.717, 1.165) is 72.9 Å². The van der Waals surface area contributed by atoms with Crippen LogP contribution >= 0.6 is 0 Å².